The Balaban J connectivity index is 3.66. The lowest BCUT2D eigenvalue weighted by molar-refractivity contribution is -0.117. The van der Waals surface area contributed by atoms with Crippen LogP contribution < -0.4 is 10.6 Å². The van der Waals surface area contributed by atoms with Crippen LogP contribution in [0, 0.1) is 0 Å². The third-order valence-electron chi connectivity index (χ3n) is 1.55. The van der Waals surface area contributed by atoms with Crippen LogP contribution in [0.25, 0.3) is 0 Å². The van der Waals surface area contributed by atoms with E-state index in [0.29, 0.717) is 0 Å². The van der Waals surface area contributed by atoms with Gasteiger partial charge in [0.05, 0.1) is 6.17 Å². The lowest BCUT2D eigenvalue weighted by atomic mass is 10.3. The molecule has 0 aliphatic rings. The second-order valence-corrected chi connectivity index (χ2v) is 2.63. The van der Waals surface area contributed by atoms with E-state index in [4.69, 9.17) is 0 Å². The molecule has 1 unspecified atom stereocenters. The predicted molar refractivity (Wildman–Crippen MR) is 50.7 cm³/mol. The minimum absolute atomic E-state index is 0.0791. The van der Waals surface area contributed by atoms with Gasteiger partial charge in [-0.1, -0.05) is 20.4 Å². The van der Waals surface area contributed by atoms with E-state index in [1.54, 1.807) is 0 Å². The molecule has 1 amide bonds. The van der Waals surface area contributed by atoms with Gasteiger partial charge in [-0.2, -0.15) is 0 Å². The Labute approximate surface area is 74.2 Å². The van der Waals surface area contributed by atoms with E-state index in [9.17, 15) is 4.79 Å². The number of hydrogen-bond acceptors (Lipinski definition) is 2. The predicted octanol–water partition coefficient (Wildman–Crippen LogP) is 1.02. The first kappa shape index (κ1) is 11.2. The summed E-state index contributed by atoms with van der Waals surface area (Å²) in [5.74, 6) is -0.120. The summed E-state index contributed by atoms with van der Waals surface area (Å²) in [6.45, 7) is 8.43. The van der Waals surface area contributed by atoms with Gasteiger partial charge >= 0.3 is 0 Å². The maximum atomic E-state index is 10.9. The molecule has 0 spiro atoms. The summed E-state index contributed by atoms with van der Waals surface area (Å²) in [5.41, 5.74) is 0. The summed E-state index contributed by atoms with van der Waals surface area (Å²) >= 11 is 0. The van der Waals surface area contributed by atoms with Gasteiger partial charge in [0.2, 0.25) is 5.91 Å². The molecule has 1 atom stereocenters. The van der Waals surface area contributed by atoms with E-state index in [0.717, 1.165) is 19.4 Å². The minimum Gasteiger partial charge on any atom is -0.337 e. The summed E-state index contributed by atoms with van der Waals surface area (Å²) in [6.07, 6.45) is 3.33. The molecule has 0 aliphatic heterocycles. The third kappa shape index (κ3) is 4.91. The highest BCUT2D eigenvalue weighted by molar-refractivity contribution is 5.87. The van der Waals surface area contributed by atoms with E-state index < -0.39 is 0 Å². The van der Waals surface area contributed by atoms with E-state index in [1.807, 2.05) is 6.92 Å². The van der Waals surface area contributed by atoms with Gasteiger partial charge in [-0.05, 0) is 25.5 Å². The Hall–Kier alpha value is -0.830. The van der Waals surface area contributed by atoms with E-state index in [2.05, 4.69) is 24.1 Å². The average molecular weight is 170 g/mol. The van der Waals surface area contributed by atoms with Gasteiger partial charge in [0.15, 0.2) is 0 Å². The van der Waals surface area contributed by atoms with Crippen LogP contribution in [0.3, 0.4) is 0 Å². The van der Waals surface area contributed by atoms with Crippen molar-refractivity contribution in [3.63, 3.8) is 0 Å². The van der Waals surface area contributed by atoms with Crippen molar-refractivity contribution in [2.75, 3.05) is 6.54 Å². The fourth-order valence-electron chi connectivity index (χ4n) is 0.847. The summed E-state index contributed by atoms with van der Waals surface area (Å²) in [4.78, 5) is 10.9. The zero-order valence-electron chi connectivity index (χ0n) is 7.89. The molecule has 0 saturated heterocycles. The fourth-order valence-corrected chi connectivity index (χ4v) is 0.847. The largest absolute Gasteiger partial charge is 0.337 e. The van der Waals surface area contributed by atoms with Crippen LogP contribution in [-0.4, -0.2) is 18.6 Å². The van der Waals surface area contributed by atoms with Gasteiger partial charge in [0.1, 0.15) is 0 Å². The summed E-state index contributed by atoms with van der Waals surface area (Å²) in [7, 11) is 0. The lowest BCUT2D eigenvalue weighted by Crippen LogP contribution is -2.44. The first-order chi connectivity index (χ1) is 5.74. The molecule has 70 valence electrons. The maximum Gasteiger partial charge on any atom is 0.244 e. The highest BCUT2D eigenvalue weighted by Gasteiger charge is 2.04. The molecule has 0 saturated carbocycles. The Kier molecular flexibility index (Phi) is 6.38. The highest BCUT2D eigenvalue weighted by Crippen LogP contribution is 1.86. The molecule has 0 heterocycles. The number of amides is 1. The van der Waals surface area contributed by atoms with Gasteiger partial charge < -0.3 is 5.32 Å². The normalized spacial score (nSPS) is 12.2. The van der Waals surface area contributed by atoms with E-state index in [1.165, 1.54) is 6.08 Å². The summed E-state index contributed by atoms with van der Waals surface area (Å²) in [6, 6.07) is 0. The Morgan fingerprint density at radius 2 is 2.25 bits per heavy atom. The van der Waals surface area contributed by atoms with E-state index in [-0.39, 0.29) is 12.1 Å². The molecule has 0 rings (SSSR count). The molecular weight excluding hydrogens is 152 g/mol. The van der Waals surface area contributed by atoms with Crippen LogP contribution in [-0.2, 0) is 4.79 Å². The van der Waals surface area contributed by atoms with Crippen molar-refractivity contribution in [1.82, 2.24) is 10.6 Å². The molecule has 0 fully saturated rings. The van der Waals surface area contributed by atoms with Crippen LogP contribution >= 0.6 is 0 Å². The van der Waals surface area contributed by atoms with E-state index >= 15 is 0 Å². The number of rotatable bonds is 6. The van der Waals surface area contributed by atoms with Crippen LogP contribution in [0.5, 0.6) is 0 Å². The Morgan fingerprint density at radius 3 is 2.67 bits per heavy atom. The maximum absolute atomic E-state index is 10.9. The topological polar surface area (TPSA) is 41.1 Å². The second kappa shape index (κ2) is 6.85. The van der Waals surface area contributed by atoms with Crippen molar-refractivity contribution in [1.29, 1.82) is 0 Å². The molecule has 2 N–H and O–H groups in total. The zero-order valence-corrected chi connectivity index (χ0v) is 7.89. The fraction of sp³-hybridized carbons (Fsp3) is 0.667. The number of carbonyl (C=O) groups excluding carboxylic acids is 1. The van der Waals surface area contributed by atoms with Crippen molar-refractivity contribution in [3.05, 3.63) is 12.7 Å². The van der Waals surface area contributed by atoms with Gasteiger partial charge in [0, 0.05) is 0 Å². The van der Waals surface area contributed by atoms with Crippen molar-refractivity contribution in [2.45, 2.75) is 32.9 Å². The molecule has 3 nitrogen and oxygen atoms in total. The smallest absolute Gasteiger partial charge is 0.244 e. The SMILES string of the molecule is C=CC(=O)NC(CC)NCCC. The lowest BCUT2D eigenvalue weighted by Gasteiger charge is -2.16. The molecule has 3 heteroatoms. The Morgan fingerprint density at radius 1 is 1.58 bits per heavy atom. The zero-order chi connectivity index (χ0) is 9.40. The van der Waals surface area contributed by atoms with Crippen LogP contribution in [0.2, 0.25) is 0 Å². The number of nitrogens with one attached hydrogen (secondary N) is 2. The molecule has 0 aromatic rings. The summed E-state index contributed by atoms with van der Waals surface area (Å²) in [5, 5.41) is 5.99. The van der Waals surface area contributed by atoms with Crippen molar-refractivity contribution >= 4 is 5.91 Å². The molecule has 0 radical (unpaired) electrons. The highest BCUT2D eigenvalue weighted by atomic mass is 16.1. The molecule has 0 bridgehead atoms. The number of carbonyl (C=O) groups is 1. The monoisotopic (exact) mass is 170 g/mol. The average Bonchev–Trinajstić information content (AvgIpc) is 2.11. The van der Waals surface area contributed by atoms with Gasteiger partial charge in [-0.3, -0.25) is 10.1 Å². The number of hydrogen-bond donors (Lipinski definition) is 2. The minimum atomic E-state index is -0.120. The third-order valence-corrected chi connectivity index (χ3v) is 1.55. The van der Waals surface area contributed by atoms with Gasteiger partial charge in [0.25, 0.3) is 0 Å². The first-order valence-electron chi connectivity index (χ1n) is 4.40. The van der Waals surface area contributed by atoms with Crippen LogP contribution in [0.15, 0.2) is 12.7 Å². The quantitative estimate of drug-likeness (QED) is 0.461. The van der Waals surface area contributed by atoms with Crippen molar-refractivity contribution in [3.8, 4) is 0 Å². The first-order valence-corrected chi connectivity index (χ1v) is 4.40. The molecule has 0 aliphatic carbocycles. The van der Waals surface area contributed by atoms with Crippen molar-refractivity contribution < 1.29 is 4.79 Å². The molecular formula is C9H18N2O. The van der Waals surface area contributed by atoms with Crippen LogP contribution in [0.1, 0.15) is 26.7 Å². The second-order valence-electron chi connectivity index (χ2n) is 2.63. The van der Waals surface area contributed by atoms with Crippen LogP contribution in [0.4, 0.5) is 0 Å². The van der Waals surface area contributed by atoms with Crippen molar-refractivity contribution in [2.24, 2.45) is 0 Å². The Bertz CT molecular complexity index is 145. The molecule has 12 heavy (non-hydrogen) atoms. The van der Waals surface area contributed by atoms with Gasteiger partial charge in [-0.15, -0.1) is 0 Å². The summed E-state index contributed by atoms with van der Waals surface area (Å²) < 4.78 is 0. The van der Waals surface area contributed by atoms with Gasteiger partial charge in [-0.25, -0.2) is 0 Å². The molecule has 0 aromatic heterocycles. The standard InChI is InChI=1S/C9H18N2O/c1-4-7-10-8(5-2)11-9(12)6-3/h6,8,10H,3-5,7H2,1-2H3,(H,11,12). The molecule has 0 aromatic carbocycles.